The predicted molar refractivity (Wildman–Crippen MR) is 93.5 cm³/mol. The summed E-state index contributed by atoms with van der Waals surface area (Å²) < 4.78 is 2.37. The van der Waals surface area contributed by atoms with Crippen LogP contribution < -0.4 is 10.9 Å². The van der Waals surface area contributed by atoms with Gasteiger partial charge in [0, 0.05) is 5.02 Å². The maximum atomic E-state index is 12.3. The third-order valence-electron chi connectivity index (χ3n) is 3.13. The van der Waals surface area contributed by atoms with Crippen LogP contribution in [-0.2, 0) is 11.3 Å². The zero-order valence-corrected chi connectivity index (χ0v) is 14.6. The highest BCUT2D eigenvalue weighted by atomic mass is 35.5. The van der Waals surface area contributed by atoms with Gasteiger partial charge in [0.25, 0.3) is 5.56 Å². The first kappa shape index (κ1) is 17.4. The van der Waals surface area contributed by atoms with Gasteiger partial charge in [0.2, 0.25) is 5.91 Å². The Bertz CT molecular complexity index is 987. The number of halogens is 3. The van der Waals surface area contributed by atoms with Gasteiger partial charge in [-0.1, -0.05) is 34.8 Å². The van der Waals surface area contributed by atoms with Crippen molar-refractivity contribution < 1.29 is 4.79 Å². The highest BCUT2D eigenvalue weighted by Crippen LogP contribution is 2.24. The molecule has 0 atom stereocenters. The second-order valence-electron chi connectivity index (χ2n) is 4.82. The molecule has 1 amide bonds. The summed E-state index contributed by atoms with van der Waals surface area (Å²) in [5.41, 5.74) is 0.299. The van der Waals surface area contributed by atoms with E-state index in [1.165, 1.54) is 23.5 Å². The number of nitrogens with zero attached hydrogens (tertiary/aromatic N) is 5. The third-order valence-corrected chi connectivity index (χ3v) is 4.12. The Morgan fingerprint density at radius 2 is 2.00 bits per heavy atom. The zero-order chi connectivity index (χ0) is 18.0. The molecule has 1 aromatic carbocycles. The van der Waals surface area contributed by atoms with Gasteiger partial charge in [-0.15, -0.1) is 0 Å². The number of hydrogen-bond donors (Lipinski definition) is 1. The molecule has 0 aliphatic carbocycles. The Morgan fingerprint density at radius 3 is 2.72 bits per heavy atom. The van der Waals surface area contributed by atoms with Crippen molar-refractivity contribution in [2.24, 2.45) is 0 Å². The van der Waals surface area contributed by atoms with Gasteiger partial charge < -0.3 is 5.32 Å². The molecule has 0 radical (unpaired) electrons. The smallest absolute Gasteiger partial charge is 0.287 e. The molecule has 3 rings (SSSR count). The number of aromatic nitrogens is 5. The summed E-state index contributed by atoms with van der Waals surface area (Å²) in [4.78, 5) is 28.1. The SMILES string of the molecule is O=C(Cn1ncc(Cl)c(Cl)c1=O)Nc1cc(Cl)ccc1-n1cncn1. The van der Waals surface area contributed by atoms with Crippen molar-refractivity contribution in [1.29, 1.82) is 0 Å². The molecule has 8 nitrogen and oxygen atoms in total. The maximum absolute atomic E-state index is 12.3. The Hall–Kier alpha value is -2.42. The van der Waals surface area contributed by atoms with Crippen LogP contribution in [0, 0.1) is 0 Å². The van der Waals surface area contributed by atoms with Crippen LogP contribution in [0.15, 0.2) is 41.8 Å². The van der Waals surface area contributed by atoms with Gasteiger partial charge in [-0.25, -0.2) is 14.3 Å². The van der Waals surface area contributed by atoms with Crippen LogP contribution in [0.2, 0.25) is 15.1 Å². The van der Waals surface area contributed by atoms with Crippen LogP contribution in [-0.4, -0.2) is 30.5 Å². The van der Waals surface area contributed by atoms with Crippen LogP contribution in [0.5, 0.6) is 0 Å². The Kier molecular flexibility index (Phi) is 5.03. The van der Waals surface area contributed by atoms with Crippen LogP contribution in [0.25, 0.3) is 5.69 Å². The van der Waals surface area contributed by atoms with Crippen molar-refractivity contribution >= 4 is 46.4 Å². The number of anilines is 1. The van der Waals surface area contributed by atoms with E-state index in [2.05, 4.69) is 20.5 Å². The second kappa shape index (κ2) is 7.22. The molecule has 25 heavy (non-hydrogen) atoms. The summed E-state index contributed by atoms with van der Waals surface area (Å²) in [5, 5.41) is 10.7. The van der Waals surface area contributed by atoms with E-state index in [9.17, 15) is 9.59 Å². The van der Waals surface area contributed by atoms with Gasteiger partial charge in [0.1, 0.15) is 24.2 Å². The minimum Gasteiger partial charge on any atom is -0.323 e. The molecule has 0 aliphatic rings. The Balaban J connectivity index is 1.86. The van der Waals surface area contributed by atoms with E-state index in [-0.39, 0.29) is 16.6 Å². The van der Waals surface area contributed by atoms with Crippen molar-refractivity contribution in [3.63, 3.8) is 0 Å². The molecule has 11 heteroatoms. The quantitative estimate of drug-likeness (QED) is 0.727. The van der Waals surface area contributed by atoms with Crippen LogP contribution in [0.3, 0.4) is 0 Å². The number of hydrogen-bond acceptors (Lipinski definition) is 5. The largest absolute Gasteiger partial charge is 0.323 e. The van der Waals surface area contributed by atoms with Crippen molar-refractivity contribution in [2.75, 3.05) is 5.32 Å². The molecular formula is C14H9Cl3N6O2. The van der Waals surface area contributed by atoms with Gasteiger partial charge >= 0.3 is 0 Å². The monoisotopic (exact) mass is 398 g/mol. The van der Waals surface area contributed by atoms with Gasteiger partial charge in [-0.2, -0.15) is 10.2 Å². The van der Waals surface area contributed by atoms with E-state index in [0.717, 1.165) is 4.68 Å². The van der Waals surface area contributed by atoms with Gasteiger partial charge in [-0.3, -0.25) is 9.59 Å². The third kappa shape index (κ3) is 3.81. The van der Waals surface area contributed by atoms with E-state index in [4.69, 9.17) is 34.8 Å². The zero-order valence-electron chi connectivity index (χ0n) is 12.4. The highest BCUT2D eigenvalue weighted by Gasteiger charge is 2.14. The van der Waals surface area contributed by atoms with Crippen LogP contribution in [0.1, 0.15) is 0 Å². The fourth-order valence-corrected chi connectivity index (χ4v) is 2.47. The first-order valence-corrected chi connectivity index (χ1v) is 7.94. The first-order valence-electron chi connectivity index (χ1n) is 6.81. The highest BCUT2D eigenvalue weighted by molar-refractivity contribution is 6.41. The summed E-state index contributed by atoms with van der Waals surface area (Å²) in [5.74, 6) is -0.503. The Labute approximate surface area is 156 Å². The van der Waals surface area contributed by atoms with E-state index >= 15 is 0 Å². The van der Waals surface area contributed by atoms with E-state index in [1.54, 1.807) is 18.2 Å². The number of nitrogens with one attached hydrogen (secondary N) is 1. The molecule has 1 N–H and O–H groups in total. The predicted octanol–water partition coefficient (Wildman–Crippen LogP) is 2.42. The maximum Gasteiger partial charge on any atom is 0.287 e. The molecule has 3 aromatic rings. The standard InChI is InChI=1S/C14H9Cl3N6O2/c15-8-1-2-11(23-7-18-6-20-23)10(3-8)21-12(24)5-22-14(25)13(17)9(16)4-19-22/h1-4,6-7H,5H2,(H,21,24). The number of benzene rings is 1. The summed E-state index contributed by atoms with van der Waals surface area (Å²) in [6.07, 6.45) is 4.03. The summed E-state index contributed by atoms with van der Waals surface area (Å²) in [6, 6.07) is 4.89. The Morgan fingerprint density at radius 1 is 1.20 bits per heavy atom. The van der Waals surface area contributed by atoms with Crippen molar-refractivity contribution in [3.05, 3.63) is 62.5 Å². The fourth-order valence-electron chi connectivity index (χ4n) is 2.02. The van der Waals surface area contributed by atoms with Gasteiger partial charge in [-0.05, 0) is 18.2 Å². The van der Waals surface area contributed by atoms with Crippen molar-refractivity contribution in [1.82, 2.24) is 24.5 Å². The van der Waals surface area contributed by atoms with Crippen LogP contribution in [0.4, 0.5) is 5.69 Å². The van der Waals surface area contributed by atoms with Gasteiger partial charge in [0.05, 0.1) is 22.6 Å². The molecule has 0 saturated heterocycles. The molecule has 0 spiro atoms. The molecule has 0 saturated carbocycles. The molecule has 128 valence electrons. The topological polar surface area (TPSA) is 94.7 Å². The van der Waals surface area contributed by atoms with Gasteiger partial charge in [0.15, 0.2) is 0 Å². The average molecular weight is 400 g/mol. The normalized spacial score (nSPS) is 10.7. The lowest BCUT2D eigenvalue weighted by Crippen LogP contribution is -2.30. The lowest BCUT2D eigenvalue weighted by Gasteiger charge is -2.12. The molecule has 2 heterocycles. The number of carbonyl (C=O) groups is 1. The minimum atomic E-state index is -0.660. The fraction of sp³-hybridized carbons (Fsp3) is 0.0714. The summed E-state index contributed by atoms with van der Waals surface area (Å²) in [6.45, 7) is -0.348. The van der Waals surface area contributed by atoms with E-state index in [1.807, 2.05) is 0 Å². The van der Waals surface area contributed by atoms with E-state index < -0.39 is 11.5 Å². The summed E-state index contributed by atoms with van der Waals surface area (Å²) in [7, 11) is 0. The lowest BCUT2D eigenvalue weighted by molar-refractivity contribution is -0.117. The van der Waals surface area contributed by atoms with Crippen LogP contribution >= 0.6 is 34.8 Å². The average Bonchev–Trinajstić information content (AvgIpc) is 3.10. The van der Waals surface area contributed by atoms with Crippen molar-refractivity contribution in [2.45, 2.75) is 6.54 Å². The number of carbonyl (C=O) groups excluding carboxylic acids is 1. The molecule has 0 fully saturated rings. The van der Waals surface area contributed by atoms with E-state index in [0.29, 0.717) is 16.4 Å². The summed E-state index contributed by atoms with van der Waals surface area (Å²) >= 11 is 17.5. The van der Waals surface area contributed by atoms with Crippen molar-refractivity contribution in [3.8, 4) is 5.69 Å². The number of rotatable bonds is 4. The molecule has 0 unspecified atom stereocenters. The molecule has 2 aromatic heterocycles. The lowest BCUT2D eigenvalue weighted by atomic mass is 10.2. The minimum absolute atomic E-state index is 0.0200. The molecule has 0 aliphatic heterocycles. The number of amides is 1. The second-order valence-corrected chi connectivity index (χ2v) is 6.04. The molecular weight excluding hydrogens is 391 g/mol. The molecule has 0 bridgehead atoms. The first-order chi connectivity index (χ1) is 12.0.